The summed E-state index contributed by atoms with van der Waals surface area (Å²) in [6.07, 6.45) is 17.6. The molecule has 0 heterocycles. The van der Waals surface area contributed by atoms with E-state index in [1.807, 2.05) is 0 Å². The van der Waals surface area contributed by atoms with Crippen molar-refractivity contribution in [3.8, 4) is 0 Å². The summed E-state index contributed by atoms with van der Waals surface area (Å²) in [5.74, 6) is 0. The SMILES string of the molecule is Cl[Si](Cl)(Cl)CCCCCCCCCCCCCCCBr. The highest BCUT2D eigenvalue weighted by atomic mass is 79.9. The van der Waals surface area contributed by atoms with Crippen molar-refractivity contribution in [2.75, 3.05) is 5.33 Å². The molecule has 5 heteroatoms. The van der Waals surface area contributed by atoms with Crippen molar-refractivity contribution in [3.63, 3.8) is 0 Å². The molecule has 0 unspecified atom stereocenters. The minimum Gasteiger partial charge on any atom is -0.126 e. The van der Waals surface area contributed by atoms with Crippen LogP contribution in [0, 0.1) is 0 Å². The number of halogens is 4. The summed E-state index contributed by atoms with van der Waals surface area (Å²) in [5, 5.41) is 1.16. The molecule has 0 spiro atoms. The van der Waals surface area contributed by atoms with Crippen LogP contribution in [-0.4, -0.2) is 11.3 Å². The van der Waals surface area contributed by atoms with Gasteiger partial charge in [0.2, 0.25) is 0 Å². The van der Waals surface area contributed by atoms with Crippen molar-refractivity contribution in [2.45, 2.75) is 89.5 Å². The molecular weight excluding hydrogens is 395 g/mol. The van der Waals surface area contributed by atoms with Gasteiger partial charge in [-0.3, -0.25) is 0 Å². The predicted molar refractivity (Wildman–Crippen MR) is 102 cm³/mol. The fraction of sp³-hybridized carbons (Fsp3) is 1.00. The minimum atomic E-state index is -2.35. The molecule has 0 aliphatic carbocycles. The van der Waals surface area contributed by atoms with Crippen LogP contribution in [0.3, 0.4) is 0 Å². The van der Waals surface area contributed by atoms with Crippen LogP contribution in [0.4, 0.5) is 0 Å². The van der Waals surface area contributed by atoms with Crippen LogP contribution in [0.1, 0.15) is 83.5 Å². The van der Waals surface area contributed by atoms with Crippen molar-refractivity contribution >= 4 is 55.2 Å². The number of rotatable bonds is 15. The second kappa shape index (κ2) is 15.5. The molecule has 0 aliphatic heterocycles. The normalized spacial score (nSPS) is 12.0. The van der Waals surface area contributed by atoms with Crippen molar-refractivity contribution in [2.24, 2.45) is 0 Å². The van der Waals surface area contributed by atoms with E-state index in [0.717, 1.165) is 17.8 Å². The first-order valence-corrected chi connectivity index (χ1v) is 14.6. The molecule has 0 saturated heterocycles. The molecule has 0 saturated carbocycles. The molecule has 0 aromatic carbocycles. The van der Waals surface area contributed by atoms with Gasteiger partial charge in [-0.2, -0.15) is 0 Å². The number of hydrogen-bond donors (Lipinski definition) is 0. The van der Waals surface area contributed by atoms with Gasteiger partial charge in [-0.05, 0) is 12.5 Å². The molecule has 0 aliphatic rings. The Morgan fingerprint density at radius 2 is 0.800 bits per heavy atom. The number of hydrogen-bond acceptors (Lipinski definition) is 0. The van der Waals surface area contributed by atoms with Crippen molar-refractivity contribution in [1.82, 2.24) is 0 Å². The second-order valence-corrected chi connectivity index (χ2v) is 15.7. The molecule has 0 bridgehead atoms. The van der Waals surface area contributed by atoms with E-state index in [0.29, 0.717) is 0 Å². The summed E-state index contributed by atoms with van der Waals surface area (Å²) < 4.78 is 0. The van der Waals surface area contributed by atoms with Gasteiger partial charge in [-0.1, -0.05) is 93.0 Å². The van der Waals surface area contributed by atoms with Gasteiger partial charge >= 0.3 is 6.00 Å². The molecule has 0 radical (unpaired) electrons. The van der Waals surface area contributed by atoms with E-state index in [4.69, 9.17) is 33.2 Å². The quantitative estimate of drug-likeness (QED) is 0.108. The number of unbranched alkanes of at least 4 members (excludes halogenated alkanes) is 12. The summed E-state index contributed by atoms with van der Waals surface area (Å²) in [6.45, 7) is 0. The van der Waals surface area contributed by atoms with Crippen LogP contribution in [0.5, 0.6) is 0 Å². The van der Waals surface area contributed by atoms with Crippen LogP contribution in [0.25, 0.3) is 0 Å². The van der Waals surface area contributed by atoms with Gasteiger partial charge in [0.25, 0.3) is 0 Å². The maximum atomic E-state index is 5.85. The molecule has 0 aromatic rings. The summed E-state index contributed by atoms with van der Waals surface area (Å²) >= 11 is 21.0. The largest absolute Gasteiger partial charge is 0.341 e. The third kappa shape index (κ3) is 19.6. The lowest BCUT2D eigenvalue weighted by Crippen LogP contribution is -2.07. The zero-order valence-electron chi connectivity index (χ0n) is 12.6. The summed E-state index contributed by atoms with van der Waals surface area (Å²) in [7, 11) is 0. The van der Waals surface area contributed by atoms with Gasteiger partial charge in [0.15, 0.2) is 0 Å². The Morgan fingerprint density at radius 3 is 1.10 bits per heavy atom. The standard InChI is InChI=1S/C15H30BrCl3Si/c16-14-12-10-8-6-4-2-1-3-5-7-9-11-13-15-20(17,18)19/h1-15H2. The van der Waals surface area contributed by atoms with E-state index >= 15 is 0 Å². The second-order valence-electron chi connectivity index (χ2n) is 5.65. The Hall–Kier alpha value is 1.57. The first-order valence-electron chi connectivity index (χ1n) is 8.19. The Labute approximate surface area is 149 Å². The molecule has 0 N–H and O–H groups in total. The zero-order chi connectivity index (χ0) is 15.1. The lowest BCUT2D eigenvalue weighted by molar-refractivity contribution is 0.543. The molecule has 20 heavy (non-hydrogen) atoms. The van der Waals surface area contributed by atoms with Gasteiger partial charge in [-0.15, -0.1) is 33.2 Å². The Morgan fingerprint density at radius 1 is 0.500 bits per heavy atom. The molecular formula is C15H30BrCl3Si. The molecule has 0 aromatic heterocycles. The number of alkyl halides is 1. The maximum Gasteiger partial charge on any atom is 0.341 e. The Bertz CT molecular complexity index is 198. The van der Waals surface area contributed by atoms with Crippen LogP contribution in [0.15, 0.2) is 0 Å². The van der Waals surface area contributed by atoms with E-state index < -0.39 is 6.00 Å². The van der Waals surface area contributed by atoms with E-state index in [9.17, 15) is 0 Å². The zero-order valence-corrected chi connectivity index (χ0v) is 17.5. The first kappa shape index (κ1) is 21.6. The molecule has 0 atom stereocenters. The third-order valence-corrected chi connectivity index (χ3v) is 6.78. The van der Waals surface area contributed by atoms with Crippen LogP contribution in [-0.2, 0) is 0 Å². The van der Waals surface area contributed by atoms with Crippen molar-refractivity contribution in [3.05, 3.63) is 0 Å². The Balaban J connectivity index is 2.99. The summed E-state index contributed by atoms with van der Waals surface area (Å²) in [5.41, 5.74) is 0. The lowest BCUT2D eigenvalue weighted by atomic mass is 10.1. The molecule has 0 rings (SSSR count). The minimum absolute atomic E-state index is 0.826. The fourth-order valence-corrected chi connectivity index (χ4v) is 4.61. The topological polar surface area (TPSA) is 0 Å². The van der Waals surface area contributed by atoms with Gasteiger partial charge in [-0.25, -0.2) is 0 Å². The Kier molecular flexibility index (Phi) is 16.7. The highest BCUT2D eigenvalue weighted by Crippen LogP contribution is 2.27. The van der Waals surface area contributed by atoms with Gasteiger partial charge < -0.3 is 0 Å². The highest BCUT2D eigenvalue weighted by molar-refractivity contribution is 9.09. The summed E-state index contributed by atoms with van der Waals surface area (Å²) in [4.78, 5) is 0. The highest BCUT2D eigenvalue weighted by Gasteiger charge is 2.23. The van der Waals surface area contributed by atoms with Gasteiger partial charge in [0.1, 0.15) is 0 Å². The van der Waals surface area contributed by atoms with E-state index in [1.54, 1.807) is 0 Å². The fourth-order valence-electron chi connectivity index (χ4n) is 2.36. The van der Waals surface area contributed by atoms with Crippen LogP contribution >= 0.6 is 49.2 Å². The third-order valence-electron chi connectivity index (χ3n) is 3.59. The first-order chi connectivity index (χ1) is 9.56. The molecule has 0 fully saturated rings. The average molecular weight is 425 g/mol. The molecule has 0 amide bonds. The van der Waals surface area contributed by atoms with Gasteiger partial charge in [0, 0.05) is 5.33 Å². The molecule has 0 nitrogen and oxygen atoms in total. The van der Waals surface area contributed by atoms with Crippen LogP contribution in [0.2, 0.25) is 6.04 Å². The van der Waals surface area contributed by atoms with E-state index in [-0.39, 0.29) is 0 Å². The van der Waals surface area contributed by atoms with Crippen molar-refractivity contribution < 1.29 is 0 Å². The van der Waals surface area contributed by atoms with Crippen LogP contribution < -0.4 is 0 Å². The molecule has 122 valence electrons. The summed E-state index contributed by atoms with van der Waals surface area (Å²) in [6, 6.07) is -1.52. The smallest absolute Gasteiger partial charge is 0.126 e. The lowest BCUT2D eigenvalue weighted by Gasteiger charge is -2.06. The maximum absolute atomic E-state index is 5.85. The van der Waals surface area contributed by atoms with E-state index in [2.05, 4.69) is 15.9 Å². The average Bonchev–Trinajstić information content (AvgIpc) is 2.38. The van der Waals surface area contributed by atoms with Gasteiger partial charge in [0.05, 0.1) is 0 Å². The monoisotopic (exact) mass is 422 g/mol. The predicted octanol–water partition coefficient (Wildman–Crippen LogP) is 8.11. The van der Waals surface area contributed by atoms with Crippen molar-refractivity contribution in [1.29, 1.82) is 0 Å². The van der Waals surface area contributed by atoms with E-state index in [1.165, 1.54) is 77.0 Å².